The summed E-state index contributed by atoms with van der Waals surface area (Å²) in [6, 6.07) is 0. The van der Waals surface area contributed by atoms with Gasteiger partial charge in [-0.3, -0.25) is 0 Å². The molecule has 0 aliphatic carbocycles. The van der Waals surface area contributed by atoms with Crippen molar-refractivity contribution in [3.63, 3.8) is 0 Å². The molecule has 9 heteroatoms. The quantitative estimate of drug-likeness (QED) is 0.742. The van der Waals surface area contributed by atoms with Crippen molar-refractivity contribution in [1.29, 1.82) is 0 Å². The zero-order chi connectivity index (χ0) is 15.6. The first kappa shape index (κ1) is 19.4. The van der Waals surface area contributed by atoms with E-state index >= 15 is 0 Å². The van der Waals surface area contributed by atoms with Crippen LogP contribution in [0.1, 0.15) is 0 Å². The SMILES string of the molecule is CN(C)P(=N[PH](N)(N(C)C)N(C)C)(N(C)C)N(C)C. The van der Waals surface area contributed by atoms with E-state index in [0.717, 1.165) is 0 Å². The molecular weight excluding hydrogens is 280 g/mol. The van der Waals surface area contributed by atoms with Crippen LogP contribution < -0.4 is 5.50 Å². The molecule has 0 aromatic rings. The van der Waals surface area contributed by atoms with Crippen molar-refractivity contribution in [1.82, 2.24) is 23.4 Å². The molecule has 2 N–H and O–H groups in total. The molecule has 0 unspecified atom stereocenters. The van der Waals surface area contributed by atoms with Crippen LogP contribution in [0.4, 0.5) is 0 Å². The topological polar surface area (TPSA) is 54.6 Å². The predicted octanol–water partition coefficient (Wildman–Crippen LogP) is 1.11. The minimum absolute atomic E-state index is 1.96. The summed E-state index contributed by atoms with van der Waals surface area (Å²) >= 11 is 0. The number of nitrogens with two attached hydrogens (primary N) is 1. The van der Waals surface area contributed by atoms with Crippen LogP contribution in [0.2, 0.25) is 0 Å². The van der Waals surface area contributed by atoms with Crippen LogP contribution in [0.3, 0.4) is 0 Å². The maximum absolute atomic E-state index is 6.65. The number of nitrogens with zero attached hydrogens (tertiary/aromatic N) is 6. The Bertz CT molecular complexity index is 302. The van der Waals surface area contributed by atoms with Gasteiger partial charge >= 0.3 is 119 Å². The van der Waals surface area contributed by atoms with Crippen molar-refractivity contribution >= 4 is 15.4 Å². The van der Waals surface area contributed by atoms with E-state index in [2.05, 4.69) is 65.6 Å². The Labute approximate surface area is 120 Å². The Balaban J connectivity index is 6.20. The summed E-state index contributed by atoms with van der Waals surface area (Å²) in [5.41, 5.74) is 6.65. The van der Waals surface area contributed by atoms with Gasteiger partial charge in [-0.2, -0.15) is 0 Å². The van der Waals surface area contributed by atoms with Gasteiger partial charge < -0.3 is 0 Å². The first-order valence-corrected chi connectivity index (χ1v) is 9.75. The first-order valence-electron chi connectivity index (χ1n) is 6.23. The Hall–Kier alpha value is 0.420. The van der Waals surface area contributed by atoms with Gasteiger partial charge in [-0.15, -0.1) is 0 Å². The molecule has 0 atom stereocenters. The third kappa shape index (κ3) is 3.74. The van der Waals surface area contributed by atoms with Gasteiger partial charge in [0.1, 0.15) is 0 Å². The molecule has 0 saturated heterocycles. The Morgan fingerprint density at radius 3 is 1.11 bits per heavy atom. The van der Waals surface area contributed by atoms with E-state index in [1.165, 1.54) is 0 Å². The van der Waals surface area contributed by atoms with Crippen molar-refractivity contribution in [2.45, 2.75) is 0 Å². The van der Waals surface area contributed by atoms with Crippen LogP contribution >= 0.6 is 15.4 Å². The van der Waals surface area contributed by atoms with Gasteiger partial charge in [0.15, 0.2) is 0 Å². The van der Waals surface area contributed by atoms with Crippen molar-refractivity contribution in [3.05, 3.63) is 0 Å². The molecular formula is C10H33N7P2. The van der Waals surface area contributed by atoms with Crippen LogP contribution in [-0.2, 0) is 0 Å². The summed E-state index contributed by atoms with van der Waals surface area (Å²) in [6.07, 6.45) is 0. The summed E-state index contributed by atoms with van der Waals surface area (Å²) in [5, 5.41) is 0. The third-order valence-electron chi connectivity index (χ3n) is 3.21. The van der Waals surface area contributed by atoms with E-state index in [-0.39, 0.29) is 0 Å². The summed E-state index contributed by atoms with van der Waals surface area (Å²) in [6.45, 7) is 0. The summed E-state index contributed by atoms with van der Waals surface area (Å²) < 4.78 is 15.9. The van der Waals surface area contributed by atoms with Gasteiger partial charge in [0.25, 0.3) is 0 Å². The zero-order valence-electron chi connectivity index (χ0n) is 14.2. The zero-order valence-corrected chi connectivity index (χ0v) is 16.1. The molecule has 0 aromatic carbocycles. The number of hydrogen-bond acceptors (Lipinski definition) is 4. The molecule has 0 saturated carbocycles. The average molecular weight is 313 g/mol. The number of hydrogen-bond donors (Lipinski definition) is 1. The third-order valence-corrected chi connectivity index (χ3v) is 11.3. The van der Waals surface area contributed by atoms with Gasteiger partial charge in [0.2, 0.25) is 0 Å². The summed E-state index contributed by atoms with van der Waals surface area (Å²) in [7, 11) is 15.9. The minimum atomic E-state index is -2.51. The second-order valence-corrected chi connectivity index (χ2v) is 13.1. The molecule has 0 rings (SSSR count). The Morgan fingerprint density at radius 2 is 0.947 bits per heavy atom. The molecule has 0 heterocycles. The maximum atomic E-state index is 6.65. The van der Waals surface area contributed by atoms with Gasteiger partial charge in [0.05, 0.1) is 0 Å². The van der Waals surface area contributed by atoms with Gasteiger partial charge in [0, 0.05) is 0 Å². The van der Waals surface area contributed by atoms with Crippen LogP contribution in [0, 0.1) is 0 Å². The van der Waals surface area contributed by atoms with E-state index in [4.69, 9.17) is 10.0 Å². The van der Waals surface area contributed by atoms with E-state index in [1.54, 1.807) is 0 Å². The predicted molar refractivity (Wildman–Crippen MR) is 90.3 cm³/mol. The molecule has 0 spiro atoms. The molecule has 118 valence electrons. The van der Waals surface area contributed by atoms with Gasteiger partial charge in [-0.1, -0.05) is 0 Å². The fourth-order valence-electron chi connectivity index (χ4n) is 2.12. The second kappa shape index (κ2) is 6.92. The van der Waals surface area contributed by atoms with Crippen molar-refractivity contribution in [3.8, 4) is 0 Å². The molecule has 0 radical (unpaired) electrons. The molecule has 0 aromatic heterocycles. The summed E-state index contributed by atoms with van der Waals surface area (Å²) in [4.78, 5) is 0. The summed E-state index contributed by atoms with van der Waals surface area (Å²) in [5.74, 6) is 0. The fraction of sp³-hybridized carbons (Fsp3) is 1.00. The van der Waals surface area contributed by atoms with Gasteiger partial charge in [-0.05, 0) is 0 Å². The van der Waals surface area contributed by atoms with Crippen LogP contribution in [0.15, 0.2) is 4.52 Å². The van der Waals surface area contributed by atoms with Crippen molar-refractivity contribution in [2.24, 2.45) is 10.0 Å². The Morgan fingerprint density at radius 1 is 0.684 bits per heavy atom. The standard InChI is InChI=1S/C10H33N7P2/c1-13(2)18(11,14(3)4)12-19(15(5)6,16(7)8)17(9)10/h18H,11H2,1-10H3. The molecule has 0 aliphatic heterocycles. The van der Waals surface area contributed by atoms with E-state index in [0.29, 0.717) is 0 Å². The van der Waals surface area contributed by atoms with E-state index in [9.17, 15) is 0 Å². The normalized spacial score (nSPS) is 15.2. The number of rotatable bonds is 6. The molecule has 0 bridgehead atoms. The monoisotopic (exact) mass is 313 g/mol. The molecule has 0 amide bonds. The second-order valence-electron chi connectivity index (χ2n) is 5.65. The van der Waals surface area contributed by atoms with E-state index in [1.807, 2.05) is 28.2 Å². The Kier molecular flexibility index (Phi) is 7.07. The molecule has 0 fully saturated rings. The van der Waals surface area contributed by atoms with E-state index < -0.39 is 15.4 Å². The first-order chi connectivity index (χ1) is 8.42. The molecule has 19 heavy (non-hydrogen) atoms. The van der Waals surface area contributed by atoms with Crippen LogP contribution in [0.25, 0.3) is 0 Å². The molecule has 0 aliphatic rings. The molecule has 7 nitrogen and oxygen atoms in total. The van der Waals surface area contributed by atoms with Gasteiger partial charge in [-0.25, -0.2) is 0 Å². The van der Waals surface area contributed by atoms with Crippen LogP contribution in [-0.4, -0.2) is 93.8 Å². The van der Waals surface area contributed by atoms with Crippen LogP contribution in [0.5, 0.6) is 0 Å². The van der Waals surface area contributed by atoms with Crippen molar-refractivity contribution < 1.29 is 0 Å². The van der Waals surface area contributed by atoms with Crippen molar-refractivity contribution in [2.75, 3.05) is 70.5 Å². The average Bonchev–Trinajstić information content (AvgIpc) is 2.23. The fourth-order valence-corrected chi connectivity index (χ4v) is 10.2.